The number of aromatic nitrogens is 2. The fraction of sp³-hybridized carbons (Fsp3) is 0.577. The normalized spacial score (nSPS) is 22.6. The quantitative estimate of drug-likeness (QED) is 0.0426. The molecule has 39 heavy (non-hydrogen) atoms. The molecule has 12 nitrogen and oxygen atoms in total. The molecule has 2 saturated carbocycles. The van der Waals surface area contributed by atoms with E-state index in [2.05, 4.69) is 51.8 Å². The molecule has 0 saturated heterocycles. The first-order valence-electron chi connectivity index (χ1n) is 13.3. The zero-order valence-corrected chi connectivity index (χ0v) is 24.1. The highest BCUT2D eigenvalue weighted by Gasteiger charge is 2.39. The van der Waals surface area contributed by atoms with E-state index in [4.69, 9.17) is 38.3 Å². The Morgan fingerprint density at radius 1 is 1.23 bits per heavy atom. The van der Waals surface area contributed by atoms with Crippen molar-refractivity contribution in [3.63, 3.8) is 0 Å². The SMILES string of the molecule is CCCSc1nc(N[C@@H]2CC2c2ccccc2)c(N)c(N(N)C2CCC(/C(=N/N)NN)C2)n1.COC(C)(C)O. The minimum Gasteiger partial charge on any atom is -0.393 e. The van der Waals surface area contributed by atoms with E-state index in [0.717, 1.165) is 37.9 Å². The van der Waals surface area contributed by atoms with Crippen molar-refractivity contribution in [3.8, 4) is 0 Å². The van der Waals surface area contributed by atoms with E-state index >= 15 is 0 Å². The minimum atomic E-state index is -0.958. The molecule has 0 spiro atoms. The fourth-order valence-corrected chi connectivity index (χ4v) is 5.19. The summed E-state index contributed by atoms with van der Waals surface area (Å²) in [5.41, 5.74) is 11.0. The summed E-state index contributed by atoms with van der Waals surface area (Å²) in [4.78, 5) is 9.45. The van der Waals surface area contributed by atoms with E-state index in [0.29, 0.717) is 40.3 Å². The number of amidine groups is 1. The lowest BCUT2D eigenvalue weighted by Crippen LogP contribution is -2.42. The zero-order chi connectivity index (χ0) is 28.6. The van der Waals surface area contributed by atoms with Crippen LogP contribution in [0.2, 0.25) is 0 Å². The van der Waals surface area contributed by atoms with Gasteiger partial charge in [0.1, 0.15) is 11.5 Å². The van der Waals surface area contributed by atoms with Crippen molar-refractivity contribution in [1.29, 1.82) is 0 Å². The number of rotatable bonds is 10. The molecule has 2 fully saturated rings. The predicted molar refractivity (Wildman–Crippen MR) is 159 cm³/mol. The third-order valence-corrected chi connectivity index (χ3v) is 7.95. The van der Waals surface area contributed by atoms with Gasteiger partial charge in [0.15, 0.2) is 22.6 Å². The summed E-state index contributed by atoms with van der Waals surface area (Å²) in [7, 11) is 1.46. The molecule has 2 aliphatic carbocycles. The molecule has 0 bridgehead atoms. The van der Waals surface area contributed by atoms with Crippen molar-refractivity contribution in [2.24, 2.45) is 28.5 Å². The number of hydrogen-bond donors (Lipinski definition) is 7. The van der Waals surface area contributed by atoms with Crippen molar-refractivity contribution in [3.05, 3.63) is 35.9 Å². The van der Waals surface area contributed by atoms with Crippen LogP contribution < -0.4 is 39.0 Å². The largest absolute Gasteiger partial charge is 0.393 e. The molecule has 0 radical (unpaired) electrons. The lowest BCUT2D eigenvalue weighted by Gasteiger charge is -2.27. The molecule has 4 rings (SSSR count). The fourth-order valence-electron chi connectivity index (χ4n) is 4.49. The van der Waals surface area contributed by atoms with Crippen LogP contribution in [0.4, 0.5) is 17.3 Å². The summed E-state index contributed by atoms with van der Waals surface area (Å²) < 4.78 is 4.49. The summed E-state index contributed by atoms with van der Waals surface area (Å²) in [6.45, 7) is 5.29. The van der Waals surface area contributed by atoms with E-state index in [9.17, 15) is 0 Å². The predicted octanol–water partition coefficient (Wildman–Crippen LogP) is 2.47. The molecule has 2 aliphatic rings. The molecular weight excluding hydrogens is 516 g/mol. The van der Waals surface area contributed by atoms with E-state index in [1.54, 1.807) is 30.6 Å². The van der Waals surface area contributed by atoms with Gasteiger partial charge < -0.3 is 32.2 Å². The monoisotopic (exact) mass is 560 g/mol. The average Bonchev–Trinajstić information content (AvgIpc) is 3.53. The van der Waals surface area contributed by atoms with Crippen LogP contribution in [-0.4, -0.2) is 51.6 Å². The Bertz CT molecular complexity index is 1080. The highest BCUT2D eigenvalue weighted by molar-refractivity contribution is 7.99. The van der Waals surface area contributed by atoms with E-state index in [1.807, 2.05) is 6.07 Å². The molecule has 1 heterocycles. The van der Waals surface area contributed by atoms with Gasteiger partial charge in [0.25, 0.3) is 0 Å². The van der Waals surface area contributed by atoms with Gasteiger partial charge in [-0.25, -0.2) is 21.7 Å². The number of nitrogens with two attached hydrogens (primary N) is 4. The van der Waals surface area contributed by atoms with Crippen molar-refractivity contribution in [2.75, 3.05) is 28.9 Å². The number of nitrogen functional groups attached to an aromatic ring is 1. The van der Waals surface area contributed by atoms with Crippen LogP contribution in [0.3, 0.4) is 0 Å². The van der Waals surface area contributed by atoms with E-state index < -0.39 is 5.79 Å². The Labute approximate surface area is 235 Å². The van der Waals surface area contributed by atoms with Gasteiger partial charge in [-0.1, -0.05) is 49.0 Å². The van der Waals surface area contributed by atoms with Crippen LogP contribution in [0.25, 0.3) is 0 Å². The van der Waals surface area contributed by atoms with Gasteiger partial charge in [-0.05, 0) is 51.5 Å². The maximum Gasteiger partial charge on any atom is 0.191 e. The molecular formula is C26H44N10O2S. The molecule has 13 heteroatoms. The maximum absolute atomic E-state index is 8.60. The van der Waals surface area contributed by atoms with Crippen molar-refractivity contribution >= 4 is 34.9 Å². The molecule has 2 aromatic rings. The Kier molecular flexibility index (Phi) is 11.0. The van der Waals surface area contributed by atoms with Crippen LogP contribution in [0.5, 0.6) is 0 Å². The molecule has 216 valence electrons. The van der Waals surface area contributed by atoms with Gasteiger partial charge in [0.05, 0.1) is 0 Å². The second-order valence-corrected chi connectivity index (χ2v) is 11.4. The standard InChI is InChI=1S/C22H34N10S.C4H10O2/c1-2-10-33-22-28-20(27-17-12-16(17)13-6-4-3-5-7-13)18(23)21(29-22)32(26)15-9-8-14(11-15)19(30-24)31-25;1-4(2,5)6-3/h3-7,14-17H,2,8-12,23-26H2,1H3,(H,30,31)(H,27,28,29);5H,1-3H3/t14?,15?,16?,17-;/m1./s1. The third kappa shape index (κ3) is 8.57. The van der Waals surface area contributed by atoms with Gasteiger partial charge >= 0.3 is 0 Å². The summed E-state index contributed by atoms with van der Waals surface area (Å²) in [6.07, 6.45) is 4.58. The van der Waals surface area contributed by atoms with Crippen LogP contribution in [0.1, 0.15) is 64.4 Å². The number of hydrogen-bond acceptors (Lipinski definition) is 12. The number of ether oxygens (including phenoxy) is 1. The Morgan fingerprint density at radius 3 is 2.51 bits per heavy atom. The number of hydrazone groups is 1. The van der Waals surface area contributed by atoms with Gasteiger partial charge in [0.2, 0.25) is 0 Å². The highest BCUT2D eigenvalue weighted by atomic mass is 32.2. The molecule has 3 unspecified atom stereocenters. The number of aliphatic hydroxyl groups is 1. The summed E-state index contributed by atoms with van der Waals surface area (Å²) >= 11 is 1.61. The van der Waals surface area contributed by atoms with Crippen LogP contribution in [0.15, 0.2) is 40.6 Å². The Hall–Kier alpha value is -2.84. The van der Waals surface area contributed by atoms with Gasteiger partial charge in [0, 0.05) is 36.8 Å². The molecule has 1 aromatic carbocycles. The first kappa shape index (κ1) is 30.7. The van der Waals surface area contributed by atoms with E-state index in [-0.39, 0.29) is 12.0 Å². The molecule has 0 aliphatic heterocycles. The number of nitrogens with one attached hydrogen (secondary N) is 2. The second-order valence-electron chi connectivity index (χ2n) is 10.3. The average molecular weight is 561 g/mol. The van der Waals surface area contributed by atoms with Crippen LogP contribution in [0, 0.1) is 5.92 Å². The number of anilines is 3. The molecule has 1 aromatic heterocycles. The van der Waals surface area contributed by atoms with E-state index in [1.165, 1.54) is 12.7 Å². The van der Waals surface area contributed by atoms with Crippen LogP contribution >= 0.6 is 11.8 Å². The lowest BCUT2D eigenvalue weighted by atomic mass is 10.1. The Morgan fingerprint density at radius 2 is 1.92 bits per heavy atom. The van der Waals surface area contributed by atoms with Gasteiger partial charge in [-0.15, -0.1) is 0 Å². The van der Waals surface area contributed by atoms with Crippen molar-refractivity contribution < 1.29 is 9.84 Å². The zero-order valence-electron chi connectivity index (χ0n) is 23.3. The smallest absolute Gasteiger partial charge is 0.191 e. The first-order valence-corrected chi connectivity index (χ1v) is 14.3. The van der Waals surface area contributed by atoms with Gasteiger partial charge in [-0.3, -0.25) is 5.01 Å². The topological polar surface area (TPSA) is 199 Å². The second kappa shape index (κ2) is 14.0. The summed E-state index contributed by atoms with van der Waals surface area (Å²) in [6, 6.07) is 10.9. The highest BCUT2D eigenvalue weighted by Crippen LogP contribution is 2.44. The first-order chi connectivity index (χ1) is 18.6. The maximum atomic E-state index is 8.60. The third-order valence-electron chi connectivity index (χ3n) is 6.90. The van der Waals surface area contributed by atoms with Crippen molar-refractivity contribution in [2.45, 2.75) is 81.8 Å². The Balaban J connectivity index is 0.000000631. The summed E-state index contributed by atoms with van der Waals surface area (Å²) in [5.74, 6) is 19.9. The molecule has 0 amide bonds. The van der Waals surface area contributed by atoms with Crippen molar-refractivity contribution in [1.82, 2.24) is 15.4 Å². The number of thioether (sulfide) groups is 1. The number of methoxy groups -OCH3 is 1. The number of hydrazine groups is 2. The minimum absolute atomic E-state index is 0.0483. The summed E-state index contributed by atoms with van der Waals surface area (Å²) in [5, 5.41) is 18.3. The number of benzene rings is 1. The van der Waals surface area contributed by atoms with Crippen LogP contribution in [-0.2, 0) is 4.74 Å². The molecule has 4 atom stereocenters. The lowest BCUT2D eigenvalue weighted by molar-refractivity contribution is -0.155. The van der Waals surface area contributed by atoms with Gasteiger partial charge in [-0.2, -0.15) is 5.10 Å². The molecule has 11 N–H and O–H groups in total. The number of nitrogens with zero attached hydrogens (tertiary/aromatic N) is 4.